The molecule has 0 radical (unpaired) electrons. The number of amides is 1. The predicted octanol–water partition coefficient (Wildman–Crippen LogP) is 3.87. The number of likely N-dealkylation sites (tertiary alicyclic amines) is 1. The molecule has 2 rings (SSSR count). The minimum absolute atomic E-state index is 0.0808. The van der Waals surface area contributed by atoms with E-state index in [1.165, 1.54) is 18.2 Å². The Morgan fingerprint density at radius 3 is 2.30 bits per heavy atom. The Kier molecular flexibility index (Phi) is 4.84. The first kappa shape index (κ1) is 17.1. The molecular formula is C18H18F3NO. The largest absolute Gasteiger partial charge is 0.416 e. The first-order valence-electron chi connectivity index (χ1n) is 7.35. The number of carbonyl (C=O) groups excluding carboxylic acids is 1. The van der Waals surface area contributed by atoms with Crippen molar-refractivity contribution in [1.29, 1.82) is 0 Å². The summed E-state index contributed by atoms with van der Waals surface area (Å²) in [7, 11) is 0. The van der Waals surface area contributed by atoms with Gasteiger partial charge >= 0.3 is 6.18 Å². The molecule has 0 bridgehead atoms. The number of alkyl halides is 3. The fourth-order valence-corrected chi connectivity index (χ4v) is 2.44. The lowest BCUT2D eigenvalue weighted by molar-refractivity contribution is -0.137. The van der Waals surface area contributed by atoms with Gasteiger partial charge < -0.3 is 4.90 Å². The van der Waals surface area contributed by atoms with E-state index in [4.69, 9.17) is 0 Å². The summed E-state index contributed by atoms with van der Waals surface area (Å²) in [4.78, 5) is 13.3. The molecule has 122 valence electrons. The van der Waals surface area contributed by atoms with Gasteiger partial charge in [-0.05, 0) is 50.1 Å². The van der Waals surface area contributed by atoms with Crippen LogP contribution in [-0.2, 0) is 11.0 Å². The number of piperidine rings is 1. The van der Waals surface area contributed by atoms with Gasteiger partial charge in [0.1, 0.15) is 0 Å². The second kappa shape index (κ2) is 6.49. The number of halogens is 3. The lowest BCUT2D eigenvalue weighted by atomic mass is 9.81. The van der Waals surface area contributed by atoms with Crippen molar-refractivity contribution in [2.75, 3.05) is 13.1 Å². The number of carbonyl (C=O) groups is 1. The van der Waals surface area contributed by atoms with Gasteiger partial charge in [-0.15, -0.1) is 0 Å². The van der Waals surface area contributed by atoms with Crippen molar-refractivity contribution in [3.8, 4) is 11.8 Å². The van der Waals surface area contributed by atoms with Crippen LogP contribution in [0.2, 0.25) is 0 Å². The van der Waals surface area contributed by atoms with Crippen LogP contribution in [0.4, 0.5) is 13.2 Å². The Balaban J connectivity index is 2.04. The first-order chi connectivity index (χ1) is 10.7. The van der Waals surface area contributed by atoms with Crippen LogP contribution in [0.3, 0.4) is 0 Å². The van der Waals surface area contributed by atoms with E-state index in [1.807, 2.05) is 6.92 Å². The SMILES string of the molecule is C=CC(=O)N1CCC(C)(C#Cc2ccc(C(F)(F)F)cc2)CC1. The Labute approximate surface area is 134 Å². The van der Waals surface area contributed by atoms with Crippen LogP contribution in [0.1, 0.15) is 30.9 Å². The van der Waals surface area contributed by atoms with Crippen molar-refractivity contribution in [2.24, 2.45) is 5.41 Å². The molecule has 23 heavy (non-hydrogen) atoms. The summed E-state index contributed by atoms with van der Waals surface area (Å²) in [5, 5.41) is 0. The molecule has 1 heterocycles. The second-order valence-electron chi connectivity index (χ2n) is 5.92. The van der Waals surface area contributed by atoms with E-state index in [0.717, 1.165) is 25.0 Å². The average Bonchev–Trinajstić information content (AvgIpc) is 2.53. The van der Waals surface area contributed by atoms with Crippen LogP contribution in [0.25, 0.3) is 0 Å². The third-order valence-electron chi connectivity index (χ3n) is 4.07. The lowest BCUT2D eigenvalue weighted by Crippen LogP contribution is -2.40. The molecule has 1 aliphatic heterocycles. The number of rotatable bonds is 1. The van der Waals surface area contributed by atoms with Gasteiger partial charge in [0, 0.05) is 24.1 Å². The van der Waals surface area contributed by atoms with Crippen LogP contribution in [0, 0.1) is 17.3 Å². The van der Waals surface area contributed by atoms with E-state index < -0.39 is 11.7 Å². The van der Waals surface area contributed by atoms with Gasteiger partial charge in [-0.25, -0.2) is 0 Å². The molecule has 1 amide bonds. The predicted molar refractivity (Wildman–Crippen MR) is 82.4 cm³/mol. The Hall–Kier alpha value is -2.22. The molecule has 0 saturated carbocycles. The highest BCUT2D eigenvalue weighted by molar-refractivity contribution is 5.87. The maximum atomic E-state index is 12.5. The third-order valence-corrected chi connectivity index (χ3v) is 4.07. The third kappa shape index (κ3) is 4.38. The van der Waals surface area contributed by atoms with Crippen LogP contribution in [0.5, 0.6) is 0 Å². The molecule has 0 N–H and O–H groups in total. The lowest BCUT2D eigenvalue weighted by Gasteiger charge is -2.35. The quantitative estimate of drug-likeness (QED) is 0.568. The molecule has 0 atom stereocenters. The van der Waals surface area contributed by atoms with Crippen molar-refractivity contribution in [3.05, 3.63) is 48.0 Å². The zero-order valence-electron chi connectivity index (χ0n) is 12.9. The fourth-order valence-electron chi connectivity index (χ4n) is 2.44. The standard InChI is InChI=1S/C18H18F3NO/c1-3-16(23)22-12-10-17(2,11-13-22)9-8-14-4-6-15(7-5-14)18(19,20)21/h3-7H,1,10-13H2,2H3. The van der Waals surface area contributed by atoms with Crippen LogP contribution < -0.4 is 0 Å². The summed E-state index contributed by atoms with van der Waals surface area (Å²) in [5.41, 5.74) is -0.352. The van der Waals surface area contributed by atoms with Gasteiger partial charge in [-0.2, -0.15) is 13.2 Å². The van der Waals surface area contributed by atoms with Crippen molar-refractivity contribution >= 4 is 5.91 Å². The molecule has 5 heteroatoms. The minimum atomic E-state index is -4.33. The van der Waals surface area contributed by atoms with E-state index in [9.17, 15) is 18.0 Å². The number of benzene rings is 1. The van der Waals surface area contributed by atoms with Gasteiger partial charge in [-0.1, -0.05) is 18.4 Å². The molecule has 0 spiro atoms. The van der Waals surface area contributed by atoms with Crippen LogP contribution in [0.15, 0.2) is 36.9 Å². The van der Waals surface area contributed by atoms with E-state index in [1.54, 1.807) is 4.90 Å². The summed E-state index contributed by atoms with van der Waals surface area (Å²) >= 11 is 0. The average molecular weight is 321 g/mol. The molecule has 1 aromatic carbocycles. The highest BCUT2D eigenvalue weighted by atomic mass is 19.4. The zero-order valence-corrected chi connectivity index (χ0v) is 12.9. The van der Waals surface area contributed by atoms with E-state index in [2.05, 4.69) is 18.4 Å². The van der Waals surface area contributed by atoms with Crippen molar-refractivity contribution in [2.45, 2.75) is 25.9 Å². The number of nitrogens with zero attached hydrogens (tertiary/aromatic N) is 1. The second-order valence-corrected chi connectivity index (χ2v) is 5.92. The molecule has 2 nitrogen and oxygen atoms in total. The van der Waals surface area contributed by atoms with Gasteiger partial charge in [0.25, 0.3) is 0 Å². The summed E-state index contributed by atoms with van der Waals surface area (Å²) in [5.74, 6) is 6.02. The molecule has 0 unspecified atom stereocenters. The Bertz CT molecular complexity index is 642. The number of hydrogen-bond donors (Lipinski definition) is 0. The van der Waals surface area contributed by atoms with Crippen LogP contribution >= 0.6 is 0 Å². The molecule has 1 saturated heterocycles. The topological polar surface area (TPSA) is 20.3 Å². The summed E-state index contributed by atoms with van der Waals surface area (Å²) in [6.45, 7) is 6.72. The van der Waals surface area contributed by atoms with Crippen molar-refractivity contribution in [1.82, 2.24) is 4.90 Å². The van der Waals surface area contributed by atoms with Gasteiger partial charge in [0.2, 0.25) is 5.91 Å². The van der Waals surface area contributed by atoms with Gasteiger partial charge in [-0.3, -0.25) is 4.79 Å². The van der Waals surface area contributed by atoms with Crippen molar-refractivity contribution in [3.63, 3.8) is 0 Å². The Morgan fingerprint density at radius 2 is 1.83 bits per heavy atom. The van der Waals surface area contributed by atoms with Crippen LogP contribution in [-0.4, -0.2) is 23.9 Å². The maximum Gasteiger partial charge on any atom is 0.416 e. The molecule has 0 aromatic heterocycles. The van der Waals surface area contributed by atoms with Gasteiger partial charge in [0.05, 0.1) is 5.56 Å². The highest BCUT2D eigenvalue weighted by Crippen LogP contribution is 2.31. The van der Waals surface area contributed by atoms with Gasteiger partial charge in [0.15, 0.2) is 0 Å². The minimum Gasteiger partial charge on any atom is -0.339 e. The summed E-state index contributed by atoms with van der Waals surface area (Å²) in [6.07, 6.45) is -1.56. The molecule has 1 aliphatic rings. The fraction of sp³-hybridized carbons (Fsp3) is 0.389. The number of hydrogen-bond acceptors (Lipinski definition) is 1. The molecular weight excluding hydrogens is 303 g/mol. The highest BCUT2D eigenvalue weighted by Gasteiger charge is 2.30. The maximum absolute atomic E-state index is 12.5. The zero-order chi connectivity index (χ0) is 17.1. The smallest absolute Gasteiger partial charge is 0.339 e. The molecule has 0 aliphatic carbocycles. The summed E-state index contributed by atoms with van der Waals surface area (Å²) in [6, 6.07) is 4.85. The molecule has 1 fully saturated rings. The summed E-state index contributed by atoms with van der Waals surface area (Å²) < 4.78 is 37.5. The monoisotopic (exact) mass is 321 g/mol. The van der Waals surface area contributed by atoms with E-state index in [-0.39, 0.29) is 11.3 Å². The normalized spacial score (nSPS) is 17.1. The van der Waals surface area contributed by atoms with E-state index in [0.29, 0.717) is 18.7 Å². The van der Waals surface area contributed by atoms with Crippen molar-refractivity contribution < 1.29 is 18.0 Å². The Morgan fingerprint density at radius 1 is 1.26 bits per heavy atom. The van der Waals surface area contributed by atoms with E-state index >= 15 is 0 Å². The molecule has 1 aromatic rings. The first-order valence-corrected chi connectivity index (χ1v) is 7.35.